The maximum Gasteiger partial charge on any atom is 0.225 e. The van der Waals surface area contributed by atoms with Crippen LogP contribution in [0.2, 0.25) is 0 Å². The van der Waals surface area contributed by atoms with Gasteiger partial charge in [0.2, 0.25) is 5.91 Å². The molecule has 1 heterocycles. The van der Waals surface area contributed by atoms with E-state index in [1.54, 1.807) is 11.1 Å². The minimum absolute atomic E-state index is 0.173. The number of carbonyl (C=O) groups is 1. The van der Waals surface area contributed by atoms with Gasteiger partial charge < -0.3 is 4.90 Å². The first-order valence-corrected chi connectivity index (χ1v) is 6.41. The van der Waals surface area contributed by atoms with Crippen LogP contribution >= 0.6 is 0 Å². The summed E-state index contributed by atoms with van der Waals surface area (Å²) in [6.45, 7) is 4.88. The summed E-state index contributed by atoms with van der Waals surface area (Å²) in [5.74, 6) is 0.425. The average molecular weight is 237 g/mol. The number of H-pyrrole nitrogens is 1. The van der Waals surface area contributed by atoms with Gasteiger partial charge in [-0.3, -0.25) is 9.89 Å². The largest absolute Gasteiger partial charge is 0.341 e. The molecule has 0 radical (unpaired) electrons. The molecule has 4 heteroatoms. The average Bonchev–Trinajstić information content (AvgIpc) is 2.82. The van der Waals surface area contributed by atoms with Crippen LogP contribution in [0.3, 0.4) is 0 Å². The topological polar surface area (TPSA) is 49.0 Å². The van der Waals surface area contributed by atoms with Gasteiger partial charge in [0.1, 0.15) is 0 Å². The van der Waals surface area contributed by atoms with E-state index in [1.165, 1.54) is 0 Å². The van der Waals surface area contributed by atoms with E-state index in [4.69, 9.17) is 0 Å². The van der Waals surface area contributed by atoms with Gasteiger partial charge in [-0.2, -0.15) is 5.10 Å². The lowest BCUT2D eigenvalue weighted by molar-refractivity contribution is -0.135. The Morgan fingerprint density at radius 2 is 2.29 bits per heavy atom. The first-order chi connectivity index (χ1) is 8.19. The Labute approximate surface area is 103 Å². The summed E-state index contributed by atoms with van der Waals surface area (Å²) in [7, 11) is 1.87. The molecule has 96 valence electrons. The number of nitrogens with zero attached hydrogens (tertiary/aromatic N) is 2. The van der Waals surface area contributed by atoms with Gasteiger partial charge in [-0.15, -0.1) is 0 Å². The van der Waals surface area contributed by atoms with Crippen LogP contribution in [0.1, 0.15) is 45.1 Å². The minimum Gasteiger partial charge on any atom is -0.341 e. The number of rotatable bonds is 7. The fourth-order valence-electron chi connectivity index (χ4n) is 1.98. The van der Waals surface area contributed by atoms with Crippen molar-refractivity contribution in [1.29, 1.82) is 0 Å². The number of amides is 1. The van der Waals surface area contributed by atoms with Gasteiger partial charge in [0.05, 0.1) is 6.20 Å². The molecule has 0 aliphatic carbocycles. The van der Waals surface area contributed by atoms with E-state index in [2.05, 4.69) is 24.0 Å². The number of hydrogen-bond donors (Lipinski definition) is 1. The maximum atomic E-state index is 12.2. The van der Waals surface area contributed by atoms with Crippen LogP contribution in [-0.4, -0.2) is 28.1 Å². The van der Waals surface area contributed by atoms with Gasteiger partial charge >= 0.3 is 0 Å². The van der Waals surface area contributed by atoms with Crippen LogP contribution < -0.4 is 0 Å². The third-order valence-electron chi connectivity index (χ3n) is 3.10. The summed E-state index contributed by atoms with van der Waals surface area (Å²) in [6.07, 6.45) is 7.79. The summed E-state index contributed by atoms with van der Waals surface area (Å²) in [4.78, 5) is 14.0. The number of carbonyl (C=O) groups excluding carboxylic acids is 1. The van der Waals surface area contributed by atoms with E-state index < -0.39 is 0 Å². The molecule has 1 atom stereocenters. The molecule has 1 aromatic rings. The normalized spacial score (nSPS) is 12.4. The zero-order valence-electron chi connectivity index (χ0n) is 11.1. The summed E-state index contributed by atoms with van der Waals surface area (Å²) in [5, 5.41) is 6.65. The third-order valence-corrected chi connectivity index (χ3v) is 3.10. The van der Waals surface area contributed by atoms with Crippen molar-refractivity contribution >= 4 is 5.91 Å². The molecule has 1 aromatic heterocycles. The van der Waals surface area contributed by atoms with Gasteiger partial charge in [-0.25, -0.2) is 0 Å². The number of aromatic nitrogens is 2. The zero-order valence-corrected chi connectivity index (χ0v) is 11.1. The minimum atomic E-state index is 0.173. The summed E-state index contributed by atoms with van der Waals surface area (Å²) < 4.78 is 0. The van der Waals surface area contributed by atoms with Crippen molar-refractivity contribution in [2.45, 2.75) is 46.1 Å². The highest BCUT2D eigenvalue weighted by molar-refractivity contribution is 5.78. The highest BCUT2D eigenvalue weighted by Gasteiger charge is 2.19. The quantitative estimate of drug-likeness (QED) is 0.792. The predicted octanol–water partition coefficient (Wildman–Crippen LogP) is 2.58. The van der Waals surface area contributed by atoms with Crippen molar-refractivity contribution in [3.05, 3.63) is 18.0 Å². The molecule has 4 nitrogen and oxygen atoms in total. The Hall–Kier alpha value is -1.32. The van der Waals surface area contributed by atoms with Crippen LogP contribution in [-0.2, 0) is 11.3 Å². The van der Waals surface area contributed by atoms with Crippen molar-refractivity contribution in [2.75, 3.05) is 7.05 Å². The fourth-order valence-corrected chi connectivity index (χ4v) is 1.98. The summed E-state index contributed by atoms with van der Waals surface area (Å²) in [6, 6.07) is 0. The Morgan fingerprint density at radius 3 is 2.82 bits per heavy atom. The first-order valence-electron chi connectivity index (χ1n) is 6.41. The molecule has 1 amide bonds. The Balaban J connectivity index is 2.48. The molecule has 17 heavy (non-hydrogen) atoms. The SMILES string of the molecule is CCCCC(CC)C(=O)N(C)Cc1cn[nH]c1. The standard InChI is InChI=1S/C13H23N3O/c1-4-6-7-12(5-2)13(17)16(3)10-11-8-14-15-9-11/h8-9,12H,4-7,10H2,1-3H3,(H,14,15). The van der Waals surface area contributed by atoms with Crippen molar-refractivity contribution in [1.82, 2.24) is 15.1 Å². The van der Waals surface area contributed by atoms with Gasteiger partial charge in [-0.1, -0.05) is 26.7 Å². The van der Waals surface area contributed by atoms with E-state index in [1.807, 2.05) is 13.2 Å². The molecule has 0 aromatic carbocycles. The van der Waals surface area contributed by atoms with E-state index in [-0.39, 0.29) is 11.8 Å². The predicted molar refractivity (Wildman–Crippen MR) is 68.4 cm³/mol. The number of hydrogen-bond acceptors (Lipinski definition) is 2. The molecule has 0 aliphatic heterocycles. The van der Waals surface area contributed by atoms with Crippen molar-refractivity contribution in [2.24, 2.45) is 5.92 Å². The molecule has 0 saturated heterocycles. The molecule has 0 spiro atoms. The van der Waals surface area contributed by atoms with Gasteiger partial charge in [0.25, 0.3) is 0 Å². The lowest BCUT2D eigenvalue weighted by Gasteiger charge is -2.22. The van der Waals surface area contributed by atoms with Crippen molar-refractivity contribution in [3.63, 3.8) is 0 Å². The van der Waals surface area contributed by atoms with Crippen molar-refractivity contribution in [3.8, 4) is 0 Å². The number of unbranched alkanes of at least 4 members (excludes halogenated alkanes) is 1. The van der Waals surface area contributed by atoms with Crippen LogP contribution in [0.4, 0.5) is 0 Å². The van der Waals surface area contributed by atoms with Gasteiger partial charge in [0, 0.05) is 31.3 Å². The number of aromatic amines is 1. The molecule has 0 aliphatic rings. The zero-order chi connectivity index (χ0) is 12.7. The Kier molecular flexibility index (Phi) is 5.73. The van der Waals surface area contributed by atoms with E-state index >= 15 is 0 Å². The molecule has 0 fully saturated rings. The molecular formula is C13H23N3O. The molecule has 1 unspecified atom stereocenters. The Bertz CT molecular complexity index is 321. The van der Waals surface area contributed by atoms with Gasteiger partial charge in [0.15, 0.2) is 0 Å². The second-order valence-corrected chi connectivity index (χ2v) is 4.55. The van der Waals surface area contributed by atoms with Crippen LogP contribution in [0.25, 0.3) is 0 Å². The molecule has 0 bridgehead atoms. The molecule has 0 saturated carbocycles. The lowest BCUT2D eigenvalue weighted by atomic mass is 9.98. The fraction of sp³-hybridized carbons (Fsp3) is 0.692. The highest BCUT2D eigenvalue weighted by atomic mass is 16.2. The van der Waals surface area contributed by atoms with E-state index in [0.29, 0.717) is 6.54 Å². The second kappa shape index (κ2) is 7.09. The lowest BCUT2D eigenvalue weighted by Crippen LogP contribution is -2.32. The number of nitrogens with one attached hydrogen (secondary N) is 1. The summed E-state index contributed by atoms with van der Waals surface area (Å²) >= 11 is 0. The van der Waals surface area contributed by atoms with E-state index in [9.17, 15) is 4.79 Å². The van der Waals surface area contributed by atoms with Crippen LogP contribution in [0.5, 0.6) is 0 Å². The van der Waals surface area contributed by atoms with Crippen LogP contribution in [0, 0.1) is 5.92 Å². The van der Waals surface area contributed by atoms with Crippen molar-refractivity contribution < 1.29 is 4.79 Å². The molecule has 1 N–H and O–H groups in total. The van der Waals surface area contributed by atoms with Gasteiger partial charge in [-0.05, 0) is 12.8 Å². The first kappa shape index (κ1) is 13.7. The molecular weight excluding hydrogens is 214 g/mol. The smallest absolute Gasteiger partial charge is 0.225 e. The van der Waals surface area contributed by atoms with Crippen LogP contribution in [0.15, 0.2) is 12.4 Å². The second-order valence-electron chi connectivity index (χ2n) is 4.55. The monoisotopic (exact) mass is 237 g/mol. The maximum absolute atomic E-state index is 12.2. The molecule has 1 rings (SSSR count). The summed E-state index contributed by atoms with van der Waals surface area (Å²) in [5.41, 5.74) is 1.05. The highest BCUT2D eigenvalue weighted by Crippen LogP contribution is 2.16. The van der Waals surface area contributed by atoms with E-state index in [0.717, 1.165) is 31.2 Å². The third kappa shape index (κ3) is 4.21. The Morgan fingerprint density at radius 1 is 1.53 bits per heavy atom.